The fourth-order valence-electron chi connectivity index (χ4n) is 1.60. The standard InChI is InChI=1S/C11H13BrF3N/c1-3-9(7(2)12)10-6-8(4-5-16-10)11(13,14)15/h4-7,9H,3H2,1-2H3. The van der Waals surface area contributed by atoms with Gasteiger partial charge in [0.2, 0.25) is 0 Å². The first-order valence-corrected chi connectivity index (χ1v) is 5.95. The van der Waals surface area contributed by atoms with E-state index in [0.717, 1.165) is 18.6 Å². The summed E-state index contributed by atoms with van der Waals surface area (Å²) in [5.41, 5.74) is -0.147. The maximum absolute atomic E-state index is 12.5. The molecule has 1 heterocycles. The van der Waals surface area contributed by atoms with Crippen molar-refractivity contribution in [3.05, 3.63) is 29.6 Å². The van der Waals surface area contributed by atoms with Gasteiger partial charge in [-0.2, -0.15) is 13.2 Å². The lowest BCUT2D eigenvalue weighted by molar-refractivity contribution is -0.137. The Hall–Kier alpha value is -0.580. The molecule has 1 rings (SSSR count). The summed E-state index contributed by atoms with van der Waals surface area (Å²) in [5, 5.41) is 0. The highest BCUT2D eigenvalue weighted by Gasteiger charge is 2.31. The van der Waals surface area contributed by atoms with Crippen molar-refractivity contribution in [2.24, 2.45) is 0 Å². The summed E-state index contributed by atoms with van der Waals surface area (Å²) < 4.78 is 37.5. The van der Waals surface area contributed by atoms with Crippen molar-refractivity contribution >= 4 is 15.9 Å². The molecule has 1 aromatic heterocycles. The molecule has 0 amide bonds. The first-order chi connectivity index (χ1) is 7.36. The number of halogens is 4. The molecule has 0 aliphatic heterocycles. The van der Waals surface area contributed by atoms with E-state index in [4.69, 9.17) is 0 Å². The molecule has 16 heavy (non-hydrogen) atoms. The van der Waals surface area contributed by atoms with Gasteiger partial charge in [-0.05, 0) is 18.6 Å². The third-order valence-electron chi connectivity index (χ3n) is 2.48. The van der Waals surface area contributed by atoms with Gasteiger partial charge in [-0.1, -0.05) is 29.8 Å². The molecule has 5 heteroatoms. The molecular weight excluding hydrogens is 283 g/mol. The van der Waals surface area contributed by atoms with Gasteiger partial charge in [0, 0.05) is 22.6 Å². The van der Waals surface area contributed by atoms with E-state index in [-0.39, 0.29) is 10.7 Å². The molecule has 0 saturated heterocycles. The van der Waals surface area contributed by atoms with E-state index in [1.165, 1.54) is 6.20 Å². The van der Waals surface area contributed by atoms with Crippen LogP contribution in [0, 0.1) is 0 Å². The summed E-state index contributed by atoms with van der Waals surface area (Å²) in [6.45, 7) is 3.85. The van der Waals surface area contributed by atoms with Crippen LogP contribution in [-0.2, 0) is 6.18 Å². The van der Waals surface area contributed by atoms with Crippen LogP contribution in [0.2, 0.25) is 0 Å². The van der Waals surface area contributed by atoms with E-state index < -0.39 is 11.7 Å². The topological polar surface area (TPSA) is 12.9 Å². The van der Waals surface area contributed by atoms with Crippen molar-refractivity contribution in [1.82, 2.24) is 4.98 Å². The largest absolute Gasteiger partial charge is 0.416 e. The van der Waals surface area contributed by atoms with Gasteiger partial charge in [-0.3, -0.25) is 4.98 Å². The molecule has 0 saturated carbocycles. The van der Waals surface area contributed by atoms with Gasteiger partial charge >= 0.3 is 6.18 Å². The van der Waals surface area contributed by atoms with Crippen LogP contribution in [0.4, 0.5) is 13.2 Å². The summed E-state index contributed by atoms with van der Waals surface area (Å²) >= 11 is 3.39. The molecule has 1 nitrogen and oxygen atoms in total. The third-order valence-corrected chi connectivity index (χ3v) is 3.12. The van der Waals surface area contributed by atoms with Crippen molar-refractivity contribution < 1.29 is 13.2 Å². The Kier molecular flexibility index (Phi) is 4.35. The van der Waals surface area contributed by atoms with Gasteiger partial charge in [-0.15, -0.1) is 0 Å². The van der Waals surface area contributed by atoms with E-state index in [1.54, 1.807) is 0 Å². The quantitative estimate of drug-likeness (QED) is 0.754. The summed E-state index contributed by atoms with van der Waals surface area (Å²) in [5.74, 6) is 0.00213. The molecule has 2 unspecified atom stereocenters. The van der Waals surface area contributed by atoms with E-state index >= 15 is 0 Å². The molecular formula is C11H13BrF3N. The predicted octanol–water partition coefficient (Wildman–Crippen LogP) is 4.38. The van der Waals surface area contributed by atoms with Crippen LogP contribution in [0.25, 0.3) is 0 Å². The van der Waals surface area contributed by atoms with Crippen LogP contribution in [0.15, 0.2) is 18.3 Å². The third kappa shape index (κ3) is 3.20. The molecule has 0 aliphatic carbocycles. The van der Waals surface area contributed by atoms with Crippen LogP contribution < -0.4 is 0 Å². The fourth-order valence-corrected chi connectivity index (χ4v) is 2.24. The zero-order chi connectivity index (χ0) is 12.3. The van der Waals surface area contributed by atoms with Crippen LogP contribution in [-0.4, -0.2) is 9.81 Å². The van der Waals surface area contributed by atoms with Crippen LogP contribution in [0.5, 0.6) is 0 Å². The van der Waals surface area contributed by atoms with Gasteiger partial charge in [0.05, 0.1) is 5.56 Å². The second-order valence-electron chi connectivity index (χ2n) is 3.66. The lowest BCUT2D eigenvalue weighted by atomic mass is 9.97. The maximum Gasteiger partial charge on any atom is 0.416 e. The molecule has 0 radical (unpaired) electrons. The molecule has 2 atom stereocenters. The van der Waals surface area contributed by atoms with Crippen molar-refractivity contribution in [1.29, 1.82) is 0 Å². The van der Waals surface area contributed by atoms with Crippen molar-refractivity contribution in [3.8, 4) is 0 Å². The number of aromatic nitrogens is 1. The number of rotatable bonds is 3. The summed E-state index contributed by atoms with van der Waals surface area (Å²) in [7, 11) is 0. The molecule has 0 N–H and O–H groups in total. The van der Waals surface area contributed by atoms with Crippen LogP contribution in [0.3, 0.4) is 0 Å². The maximum atomic E-state index is 12.5. The molecule has 90 valence electrons. The Morgan fingerprint density at radius 3 is 2.50 bits per heavy atom. The summed E-state index contributed by atoms with van der Waals surface area (Å²) in [6, 6.07) is 2.13. The Labute approximate surface area is 101 Å². The molecule has 0 aromatic carbocycles. The van der Waals surface area contributed by atoms with E-state index in [2.05, 4.69) is 20.9 Å². The first-order valence-electron chi connectivity index (χ1n) is 5.03. The van der Waals surface area contributed by atoms with Gasteiger partial charge in [0.25, 0.3) is 0 Å². The minimum absolute atomic E-state index is 0.00213. The summed E-state index contributed by atoms with van der Waals surface area (Å²) in [6.07, 6.45) is -2.33. The van der Waals surface area contributed by atoms with Gasteiger partial charge in [0.15, 0.2) is 0 Å². The Bertz CT molecular complexity index is 349. The van der Waals surface area contributed by atoms with Gasteiger partial charge < -0.3 is 0 Å². The molecule has 1 aromatic rings. The molecule has 0 spiro atoms. The lowest BCUT2D eigenvalue weighted by Gasteiger charge is -2.18. The minimum Gasteiger partial charge on any atom is -0.261 e. The van der Waals surface area contributed by atoms with Crippen LogP contribution >= 0.6 is 15.9 Å². The molecule has 0 aliphatic rings. The highest BCUT2D eigenvalue weighted by molar-refractivity contribution is 9.09. The molecule has 0 bridgehead atoms. The second-order valence-corrected chi connectivity index (χ2v) is 5.10. The number of pyridine rings is 1. The Morgan fingerprint density at radius 2 is 2.06 bits per heavy atom. The van der Waals surface area contributed by atoms with Gasteiger partial charge in [-0.25, -0.2) is 0 Å². The first kappa shape index (κ1) is 13.5. The van der Waals surface area contributed by atoms with Gasteiger partial charge in [0.1, 0.15) is 0 Å². The average molecular weight is 296 g/mol. The highest BCUT2D eigenvalue weighted by Crippen LogP contribution is 2.32. The second kappa shape index (κ2) is 5.17. The highest BCUT2D eigenvalue weighted by atomic mass is 79.9. The van der Waals surface area contributed by atoms with Crippen molar-refractivity contribution in [2.75, 3.05) is 0 Å². The number of alkyl halides is 4. The zero-order valence-electron chi connectivity index (χ0n) is 9.05. The minimum atomic E-state index is -4.30. The van der Waals surface area contributed by atoms with Crippen molar-refractivity contribution in [2.45, 2.75) is 37.2 Å². The SMILES string of the molecule is CCC(c1cc(C(F)(F)F)ccn1)C(C)Br. The van der Waals surface area contributed by atoms with E-state index in [1.807, 2.05) is 13.8 Å². The van der Waals surface area contributed by atoms with E-state index in [9.17, 15) is 13.2 Å². The Balaban J connectivity index is 3.07. The average Bonchev–Trinajstić information content (AvgIpc) is 2.17. The Morgan fingerprint density at radius 1 is 1.44 bits per heavy atom. The normalized spacial score (nSPS) is 15.9. The number of hydrogen-bond donors (Lipinski definition) is 0. The monoisotopic (exact) mass is 295 g/mol. The zero-order valence-corrected chi connectivity index (χ0v) is 10.6. The van der Waals surface area contributed by atoms with E-state index in [0.29, 0.717) is 5.69 Å². The number of nitrogens with zero attached hydrogens (tertiary/aromatic N) is 1. The number of hydrogen-bond acceptors (Lipinski definition) is 1. The van der Waals surface area contributed by atoms with Crippen molar-refractivity contribution in [3.63, 3.8) is 0 Å². The predicted molar refractivity (Wildman–Crippen MR) is 60.7 cm³/mol. The molecule has 0 fully saturated rings. The fraction of sp³-hybridized carbons (Fsp3) is 0.545. The lowest BCUT2D eigenvalue weighted by Crippen LogP contribution is -2.12. The summed E-state index contributed by atoms with van der Waals surface area (Å²) in [4.78, 5) is 4.12. The van der Waals surface area contributed by atoms with Crippen LogP contribution in [0.1, 0.15) is 37.4 Å². The smallest absolute Gasteiger partial charge is 0.261 e.